The van der Waals surface area contributed by atoms with Gasteiger partial charge in [-0.1, -0.05) is 54.6 Å². The first kappa shape index (κ1) is 9.98. The molecule has 0 nitrogen and oxygen atoms in total. The molecule has 0 saturated heterocycles. The van der Waals surface area contributed by atoms with Crippen LogP contribution in [0.15, 0.2) is 54.6 Å². The Balaban J connectivity index is 1.84. The third-order valence-electron chi connectivity index (χ3n) is 3.11. The molecule has 1 heteroatoms. The second-order valence-electron chi connectivity index (χ2n) is 4.19. The number of hydrogen-bond donors (Lipinski definition) is 0. The lowest BCUT2D eigenvalue weighted by Crippen LogP contribution is -1.95. The molecule has 0 saturated carbocycles. The summed E-state index contributed by atoms with van der Waals surface area (Å²) in [6.07, 6.45) is 1.16. The van der Waals surface area contributed by atoms with Crippen LogP contribution in [-0.4, -0.2) is 0 Å². The van der Waals surface area contributed by atoms with Gasteiger partial charge in [-0.05, 0) is 23.1 Å². The van der Waals surface area contributed by atoms with Gasteiger partial charge in [-0.25, -0.2) is 0 Å². The fraction of sp³-hybridized carbons (Fsp3) is 0.200. The normalized spacial score (nSPS) is 18.4. The maximum atomic E-state index is 2.28. The average molecular weight is 226 g/mol. The maximum absolute atomic E-state index is 2.28. The van der Waals surface area contributed by atoms with Gasteiger partial charge in [-0.15, -0.1) is 11.8 Å². The van der Waals surface area contributed by atoms with Crippen molar-refractivity contribution < 1.29 is 0 Å². The van der Waals surface area contributed by atoms with Crippen LogP contribution in [0, 0.1) is 0 Å². The van der Waals surface area contributed by atoms with Gasteiger partial charge in [0.25, 0.3) is 0 Å². The SMILES string of the molecule is c1ccc(C[C@@H]2SCc3ccccc32)cc1. The number of rotatable bonds is 2. The molecular formula is C15H14S. The first-order valence-corrected chi connectivity index (χ1v) is 6.72. The minimum absolute atomic E-state index is 0.651. The summed E-state index contributed by atoms with van der Waals surface area (Å²) in [7, 11) is 0. The highest BCUT2D eigenvalue weighted by molar-refractivity contribution is 7.99. The molecule has 1 aliphatic rings. The largest absolute Gasteiger partial charge is 0.149 e. The van der Waals surface area contributed by atoms with E-state index in [1.807, 2.05) is 0 Å². The van der Waals surface area contributed by atoms with Crippen molar-refractivity contribution in [2.45, 2.75) is 17.4 Å². The Morgan fingerprint density at radius 1 is 0.938 bits per heavy atom. The van der Waals surface area contributed by atoms with Crippen molar-refractivity contribution in [2.24, 2.45) is 0 Å². The van der Waals surface area contributed by atoms with E-state index in [2.05, 4.69) is 66.4 Å². The molecule has 0 aromatic heterocycles. The van der Waals surface area contributed by atoms with E-state index in [1.165, 1.54) is 22.4 Å². The van der Waals surface area contributed by atoms with Crippen LogP contribution in [-0.2, 0) is 12.2 Å². The standard InChI is InChI=1S/C15H14S/c1-2-6-12(7-3-1)10-15-14-9-5-4-8-13(14)11-16-15/h1-9,15H,10-11H2/t15-/m0/s1. The van der Waals surface area contributed by atoms with Crippen molar-refractivity contribution in [3.8, 4) is 0 Å². The molecule has 0 spiro atoms. The highest BCUT2D eigenvalue weighted by atomic mass is 32.2. The molecule has 0 fully saturated rings. The minimum Gasteiger partial charge on any atom is -0.149 e. The lowest BCUT2D eigenvalue weighted by atomic mass is 10.0. The second kappa shape index (κ2) is 4.34. The first-order valence-electron chi connectivity index (χ1n) is 5.67. The lowest BCUT2D eigenvalue weighted by molar-refractivity contribution is 0.941. The third-order valence-corrected chi connectivity index (χ3v) is 4.41. The Kier molecular flexibility index (Phi) is 2.71. The minimum atomic E-state index is 0.651. The molecular weight excluding hydrogens is 212 g/mol. The van der Waals surface area contributed by atoms with Gasteiger partial charge in [0, 0.05) is 11.0 Å². The van der Waals surface area contributed by atoms with Crippen LogP contribution < -0.4 is 0 Å². The Bertz CT molecular complexity index is 476. The van der Waals surface area contributed by atoms with Crippen LogP contribution in [0.4, 0.5) is 0 Å². The summed E-state index contributed by atoms with van der Waals surface area (Å²) < 4.78 is 0. The van der Waals surface area contributed by atoms with E-state index in [9.17, 15) is 0 Å². The summed E-state index contributed by atoms with van der Waals surface area (Å²) in [5.41, 5.74) is 4.50. The van der Waals surface area contributed by atoms with E-state index >= 15 is 0 Å². The van der Waals surface area contributed by atoms with Gasteiger partial charge in [0.2, 0.25) is 0 Å². The van der Waals surface area contributed by atoms with Gasteiger partial charge in [0.15, 0.2) is 0 Å². The Morgan fingerprint density at radius 3 is 2.56 bits per heavy atom. The molecule has 80 valence electrons. The molecule has 3 rings (SSSR count). The number of thioether (sulfide) groups is 1. The van der Waals surface area contributed by atoms with Crippen molar-refractivity contribution >= 4 is 11.8 Å². The number of benzene rings is 2. The predicted molar refractivity (Wildman–Crippen MR) is 70.6 cm³/mol. The molecule has 1 atom stereocenters. The van der Waals surface area contributed by atoms with E-state index in [0.29, 0.717) is 5.25 Å². The van der Waals surface area contributed by atoms with Gasteiger partial charge in [0.1, 0.15) is 0 Å². The van der Waals surface area contributed by atoms with Crippen LogP contribution in [0.5, 0.6) is 0 Å². The van der Waals surface area contributed by atoms with Gasteiger partial charge < -0.3 is 0 Å². The quantitative estimate of drug-likeness (QED) is 0.739. The van der Waals surface area contributed by atoms with E-state index in [1.54, 1.807) is 0 Å². The lowest BCUT2D eigenvalue weighted by Gasteiger charge is -2.10. The van der Waals surface area contributed by atoms with E-state index < -0.39 is 0 Å². The molecule has 2 aromatic carbocycles. The molecule has 0 bridgehead atoms. The van der Waals surface area contributed by atoms with Crippen LogP contribution in [0.25, 0.3) is 0 Å². The number of hydrogen-bond acceptors (Lipinski definition) is 1. The summed E-state index contributed by atoms with van der Waals surface area (Å²) in [5, 5.41) is 0.651. The van der Waals surface area contributed by atoms with Crippen LogP contribution in [0.1, 0.15) is 21.9 Å². The molecule has 0 aliphatic carbocycles. The smallest absolute Gasteiger partial charge is 0.0343 e. The summed E-state index contributed by atoms with van der Waals surface area (Å²) in [4.78, 5) is 0. The van der Waals surface area contributed by atoms with Crippen molar-refractivity contribution in [2.75, 3.05) is 0 Å². The average Bonchev–Trinajstić information content (AvgIpc) is 2.74. The van der Waals surface area contributed by atoms with Gasteiger partial charge in [-0.2, -0.15) is 0 Å². The van der Waals surface area contributed by atoms with Crippen LogP contribution in [0.2, 0.25) is 0 Å². The van der Waals surface area contributed by atoms with Gasteiger partial charge >= 0.3 is 0 Å². The number of fused-ring (bicyclic) bond motifs is 1. The predicted octanol–water partition coefficient (Wildman–Crippen LogP) is 4.22. The molecule has 0 N–H and O–H groups in total. The summed E-state index contributed by atoms with van der Waals surface area (Å²) in [6, 6.07) is 19.6. The van der Waals surface area contributed by atoms with Crippen LogP contribution >= 0.6 is 11.8 Å². The first-order chi connectivity index (χ1) is 7.93. The molecule has 0 radical (unpaired) electrons. The van der Waals surface area contributed by atoms with Crippen molar-refractivity contribution in [3.05, 3.63) is 71.3 Å². The molecule has 0 unspecified atom stereocenters. The van der Waals surface area contributed by atoms with Crippen molar-refractivity contribution in [1.82, 2.24) is 0 Å². The highest BCUT2D eigenvalue weighted by Gasteiger charge is 2.22. The molecule has 0 amide bonds. The summed E-state index contributed by atoms with van der Waals surface area (Å²) in [5.74, 6) is 1.17. The fourth-order valence-corrected chi connectivity index (χ4v) is 3.62. The van der Waals surface area contributed by atoms with Crippen molar-refractivity contribution in [3.63, 3.8) is 0 Å². The maximum Gasteiger partial charge on any atom is 0.0343 e. The Morgan fingerprint density at radius 2 is 1.69 bits per heavy atom. The summed E-state index contributed by atoms with van der Waals surface area (Å²) >= 11 is 2.07. The van der Waals surface area contributed by atoms with E-state index in [4.69, 9.17) is 0 Å². The van der Waals surface area contributed by atoms with Gasteiger partial charge in [-0.3, -0.25) is 0 Å². The zero-order valence-corrected chi connectivity index (χ0v) is 9.91. The Hall–Kier alpha value is -1.21. The second-order valence-corrected chi connectivity index (χ2v) is 5.38. The zero-order valence-electron chi connectivity index (χ0n) is 9.10. The monoisotopic (exact) mass is 226 g/mol. The van der Waals surface area contributed by atoms with Crippen molar-refractivity contribution in [1.29, 1.82) is 0 Å². The third kappa shape index (κ3) is 1.88. The van der Waals surface area contributed by atoms with Crippen LogP contribution in [0.3, 0.4) is 0 Å². The molecule has 1 heterocycles. The topological polar surface area (TPSA) is 0 Å². The zero-order chi connectivity index (χ0) is 10.8. The highest BCUT2D eigenvalue weighted by Crippen LogP contribution is 2.43. The van der Waals surface area contributed by atoms with E-state index in [-0.39, 0.29) is 0 Å². The van der Waals surface area contributed by atoms with Gasteiger partial charge in [0.05, 0.1) is 0 Å². The molecule has 1 aliphatic heterocycles. The molecule has 16 heavy (non-hydrogen) atoms. The Labute approximate surface area is 101 Å². The summed E-state index contributed by atoms with van der Waals surface area (Å²) in [6.45, 7) is 0. The van der Waals surface area contributed by atoms with E-state index in [0.717, 1.165) is 6.42 Å². The molecule has 2 aromatic rings. The fourth-order valence-electron chi connectivity index (χ4n) is 2.26.